The number of amides is 1. The third-order valence-corrected chi connectivity index (χ3v) is 5.90. The standard InChI is InChI=1S/C22H18ClF3N4O3/c1-11-2-4-13(23)7-14(11)28-21(31)16-9-20-27-15(8-19(22(24,25)26)30(20)29-16)12-3-5-17-18(6-12)33-10-32-17/h2-7,9,15,19,27H,8,10H2,1H3,(H,28,31). The van der Waals surface area contributed by atoms with Gasteiger partial charge in [-0.2, -0.15) is 18.3 Å². The van der Waals surface area contributed by atoms with Gasteiger partial charge in [0.15, 0.2) is 23.2 Å². The van der Waals surface area contributed by atoms with E-state index in [-0.39, 0.29) is 24.7 Å². The topological polar surface area (TPSA) is 77.4 Å². The van der Waals surface area contributed by atoms with Crippen molar-refractivity contribution in [3.63, 3.8) is 0 Å². The fourth-order valence-electron chi connectivity index (χ4n) is 3.95. The van der Waals surface area contributed by atoms with Gasteiger partial charge in [0.1, 0.15) is 5.82 Å². The number of nitrogens with zero attached hydrogens (tertiary/aromatic N) is 2. The Hall–Kier alpha value is -3.40. The molecule has 0 spiro atoms. The van der Waals surface area contributed by atoms with Crippen LogP contribution in [0.15, 0.2) is 42.5 Å². The van der Waals surface area contributed by atoms with Crippen LogP contribution in [-0.4, -0.2) is 28.7 Å². The molecule has 1 aromatic heterocycles. The molecule has 0 radical (unpaired) electrons. The van der Waals surface area contributed by atoms with Gasteiger partial charge in [0, 0.05) is 23.2 Å². The van der Waals surface area contributed by atoms with E-state index in [1.165, 1.54) is 6.07 Å². The van der Waals surface area contributed by atoms with Crippen LogP contribution in [0, 0.1) is 6.92 Å². The quantitative estimate of drug-likeness (QED) is 0.521. The first-order valence-electron chi connectivity index (χ1n) is 10.1. The van der Waals surface area contributed by atoms with E-state index in [2.05, 4.69) is 15.7 Å². The van der Waals surface area contributed by atoms with Crippen molar-refractivity contribution in [3.8, 4) is 11.5 Å². The van der Waals surface area contributed by atoms with E-state index in [1.807, 2.05) is 0 Å². The molecule has 2 unspecified atom stereocenters. The van der Waals surface area contributed by atoms with Gasteiger partial charge >= 0.3 is 6.18 Å². The number of benzene rings is 2. The van der Waals surface area contributed by atoms with Crippen molar-refractivity contribution in [2.45, 2.75) is 31.6 Å². The van der Waals surface area contributed by atoms with Crippen molar-refractivity contribution in [2.75, 3.05) is 17.4 Å². The predicted octanol–water partition coefficient (Wildman–Crippen LogP) is 5.49. The summed E-state index contributed by atoms with van der Waals surface area (Å²) in [4.78, 5) is 12.8. The van der Waals surface area contributed by atoms with Crippen LogP contribution in [-0.2, 0) is 0 Å². The van der Waals surface area contributed by atoms with Crippen LogP contribution in [0.5, 0.6) is 11.5 Å². The van der Waals surface area contributed by atoms with Gasteiger partial charge in [-0.25, -0.2) is 4.68 Å². The molecular formula is C22H18ClF3N4O3. The molecule has 0 saturated carbocycles. The van der Waals surface area contributed by atoms with Crippen molar-refractivity contribution < 1.29 is 27.4 Å². The van der Waals surface area contributed by atoms with Gasteiger partial charge in [-0.1, -0.05) is 23.7 Å². The first-order valence-corrected chi connectivity index (χ1v) is 10.5. The summed E-state index contributed by atoms with van der Waals surface area (Å²) in [6, 6.07) is 8.74. The molecule has 2 aromatic carbocycles. The van der Waals surface area contributed by atoms with E-state index in [1.54, 1.807) is 43.3 Å². The molecular weight excluding hydrogens is 461 g/mol. The van der Waals surface area contributed by atoms with Crippen LogP contribution in [0.1, 0.15) is 40.1 Å². The zero-order valence-corrected chi connectivity index (χ0v) is 18.0. The molecule has 2 atom stereocenters. The zero-order valence-electron chi connectivity index (χ0n) is 17.2. The van der Waals surface area contributed by atoms with Crippen molar-refractivity contribution in [1.29, 1.82) is 0 Å². The highest BCUT2D eigenvalue weighted by atomic mass is 35.5. The number of fused-ring (bicyclic) bond motifs is 2. The van der Waals surface area contributed by atoms with E-state index >= 15 is 0 Å². The summed E-state index contributed by atoms with van der Waals surface area (Å²) in [6.07, 6.45) is -4.86. The molecule has 11 heteroatoms. The first kappa shape index (κ1) is 21.4. The number of carbonyl (C=O) groups excluding carboxylic acids is 1. The monoisotopic (exact) mass is 478 g/mol. The summed E-state index contributed by atoms with van der Waals surface area (Å²) in [5.74, 6) is 0.486. The van der Waals surface area contributed by atoms with E-state index in [4.69, 9.17) is 21.1 Å². The molecule has 1 amide bonds. The number of carbonyl (C=O) groups is 1. The van der Waals surface area contributed by atoms with E-state index in [0.29, 0.717) is 27.8 Å². The minimum Gasteiger partial charge on any atom is -0.454 e. The minimum atomic E-state index is -4.56. The molecule has 2 aliphatic heterocycles. The van der Waals surface area contributed by atoms with Crippen molar-refractivity contribution in [2.24, 2.45) is 0 Å². The zero-order chi connectivity index (χ0) is 23.3. The van der Waals surface area contributed by atoms with Gasteiger partial charge in [0.2, 0.25) is 6.79 Å². The maximum Gasteiger partial charge on any atom is 0.410 e. The molecule has 2 aliphatic rings. The smallest absolute Gasteiger partial charge is 0.410 e. The van der Waals surface area contributed by atoms with Crippen LogP contribution in [0.3, 0.4) is 0 Å². The molecule has 0 saturated heterocycles. The van der Waals surface area contributed by atoms with Crippen LogP contribution in [0.25, 0.3) is 0 Å². The normalized spacial score (nSPS) is 19.1. The Labute approximate surface area is 191 Å². The van der Waals surface area contributed by atoms with Crippen LogP contribution < -0.4 is 20.1 Å². The SMILES string of the molecule is Cc1ccc(Cl)cc1NC(=O)c1cc2n(n1)C(C(F)(F)F)CC(c1ccc3c(c1)OCO3)N2. The number of hydrogen-bond donors (Lipinski definition) is 2. The second kappa shape index (κ2) is 7.87. The summed E-state index contributed by atoms with van der Waals surface area (Å²) in [5, 5.41) is 10.1. The summed E-state index contributed by atoms with van der Waals surface area (Å²) >= 11 is 5.98. The van der Waals surface area contributed by atoms with Gasteiger partial charge in [-0.05, 0) is 42.3 Å². The van der Waals surface area contributed by atoms with Gasteiger partial charge < -0.3 is 20.1 Å². The van der Waals surface area contributed by atoms with E-state index < -0.39 is 24.2 Å². The Morgan fingerprint density at radius 2 is 1.97 bits per heavy atom. The second-order valence-electron chi connectivity index (χ2n) is 7.88. The number of aromatic nitrogens is 2. The van der Waals surface area contributed by atoms with Gasteiger partial charge in [0.05, 0.1) is 6.04 Å². The lowest BCUT2D eigenvalue weighted by Gasteiger charge is -2.33. The second-order valence-corrected chi connectivity index (χ2v) is 8.31. The molecule has 3 aromatic rings. The molecule has 172 valence electrons. The van der Waals surface area contributed by atoms with Crippen LogP contribution >= 0.6 is 11.6 Å². The molecule has 0 fully saturated rings. The highest BCUT2D eigenvalue weighted by molar-refractivity contribution is 6.31. The lowest BCUT2D eigenvalue weighted by atomic mass is 9.96. The number of alkyl halides is 3. The summed E-state index contributed by atoms with van der Waals surface area (Å²) in [5.41, 5.74) is 1.68. The van der Waals surface area contributed by atoms with E-state index in [9.17, 15) is 18.0 Å². The number of hydrogen-bond acceptors (Lipinski definition) is 5. The molecule has 7 nitrogen and oxygen atoms in total. The number of nitrogens with one attached hydrogen (secondary N) is 2. The fourth-order valence-corrected chi connectivity index (χ4v) is 4.12. The predicted molar refractivity (Wildman–Crippen MR) is 115 cm³/mol. The lowest BCUT2D eigenvalue weighted by molar-refractivity contribution is -0.173. The van der Waals surface area contributed by atoms with Crippen molar-refractivity contribution in [3.05, 3.63) is 64.3 Å². The van der Waals surface area contributed by atoms with Crippen molar-refractivity contribution in [1.82, 2.24) is 9.78 Å². The highest BCUT2D eigenvalue weighted by Crippen LogP contribution is 2.45. The number of aryl methyl sites for hydroxylation is 1. The third kappa shape index (κ3) is 4.06. The Kier molecular flexibility index (Phi) is 5.12. The molecule has 3 heterocycles. The molecule has 0 aliphatic carbocycles. The third-order valence-electron chi connectivity index (χ3n) is 5.67. The average molecular weight is 479 g/mol. The maximum absolute atomic E-state index is 13.9. The molecule has 5 rings (SSSR count). The van der Waals surface area contributed by atoms with Crippen LogP contribution in [0.2, 0.25) is 5.02 Å². The summed E-state index contributed by atoms with van der Waals surface area (Å²) in [6.45, 7) is 1.85. The Balaban J connectivity index is 1.45. The molecule has 0 bridgehead atoms. The lowest BCUT2D eigenvalue weighted by Crippen LogP contribution is -2.35. The number of ether oxygens (including phenoxy) is 2. The van der Waals surface area contributed by atoms with Crippen LogP contribution in [0.4, 0.5) is 24.7 Å². The number of anilines is 2. The van der Waals surface area contributed by atoms with Gasteiger partial charge in [-0.3, -0.25) is 4.79 Å². The summed E-state index contributed by atoms with van der Waals surface area (Å²) in [7, 11) is 0. The first-order chi connectivity index (χ1) is 15.7. The highest BCUT2D eigenvalue weighted by Gasteiger charge is 2.47. The molecule has 33 heavy (non-hydrogen) atoms. The van der Waals surface area contributed by atoms with Gasteiger partial charge in [-0.15, -0.1) is 0 Å². The summed E-state index contributed by atoms with van der Waals surface area (Å²) < 4.78 is 53.3. The van der Waals surface area contributed by atoms with E-state index in [0.717, 1.165) is 10.2 Å². The fraction of sp³-hybridized carbons (Fsp3) is 0.273. The Morgan fingerprint density at radius 1 is 1.18 bits per heavy atom. The minimum absolute atomic E-state index is 0.0689. The maximum atomic E-state index is 13.9. The van der Waals surface area contributed by atoms with Gasteiger partial charge in [0.25, 0.3) is 5.91 Å². The number of rotatable bonds is 3. The van der Waals surface area contributed by atoms with Crippen molar-refractivity contribution >= 4 is 29.0 Å². The Morgan fingerprint density at radius 3 is 2.76 bits per heavy atom. The average Bonchev–Trinajstić information content (AvgIpc) is 3.41. The molecule has 2 N–H and O–H groups in total. The largest absolute Gasteiger partial charge is 0.454 e. The Bertz CT molecular complexity index is 1240. The number of halogens is 4.